The monoisotopic (exact) mass is 306 g/mol. The summed E-state index contributed by atoms with van der Waals surface area (Å²) >= 11 is 0. The summed E-state index contributed by atoms with van der Waals surface area (Å²) < 4.78 is 27.4. The van der Waals surface area contributed by atoms with Gasteiger partial charge >= 0.3 is 0 Å². The number of H-pyrrole nitrogens is 1. The van der Waals surface area contributed by atoms with Crippen molar-refractivity contribution in [3.05, 3.63) is 35.2 Å². The normalized spacial score (nSPS) is 13.9. The first-order valence-corrected chi connectivity index (χ1v) is 7.82. The third kappa shape index (κ3) is 2.38. The van der Waals surface area contributed by atoms with Gasteiger partial charge in [0.25, 0.3) is 10.0 Å². The molecule has 7 nitrogen and oxygen atoms in total. The summed E-state index contributed by atoms with van der Waals surface area (Å²) in [7, 11) is -3.72. The Bertz CT molecular complexity index is 820. The smallest absolute Gasteiger partial charge is 0.262 e. The Morgan fingerprint density at radius 2 is 2.05 bits per heavy atom. The molecule has 0 fully saturated rings. The number of carbonyl (C=O) groups excluding carboxylic acids is 1. The van der Waals surface area contributed by atoms with E-state index in [1.54, 1.807) is 19.9 Å². The molecule has 8 heteroatoms. The van der Waals surface area contributed by atoms with Crippen molar-refractivity contribution < 1.29 is 13.2 Å². The lowest BCUT2D eigenvalue weighted by molar-refractivity contribution is -0.115. The molecule has 110 valence electrons. The van der Waals surface area contributed by atoms with Crippen molar-refractivity contribution in [1.82, 2.24) is 10.2 Å². The second-order valence-electron chi connectivity index (χ2n) is 4.96. The number of sulfonamides is 1. The number of benzene rings is 1. The molecule has 1 amide bonds. The van der Waals surface area contributed by atoms with Crippen LogP contribution in [0.25, 0.3) is 0 Å². The van der Waals surface area contributed by atoms with Crippen molar-refractivity contribution in [3.63, 3.8) is 0 Å². The molecule has 1 aliphatic rings. The molecule has 0 saturated carbocycles. The summed E-state index contributed by atoms with van der Waals surface area (Å²) in [5.74, 6) is -0.131. The molecule has 0 bridgehead atoms. The summed E-state index contributed by atoms with van der Waals surface area (Å²) in [4.78, 5) is 11.4. The Balaban J connectivity index is 1.96. The number of rotatable bonds is 3. The number of hydrogen-bond acceptors (Lipinski definition) is 4. The van der Waals surface area contributed by atoms with Gasteiger partial charge in [0.1, 0.15) is 0 Å². The maximum Gasteiger partial charge on any atom is 0.262 e. The standard InChI is InChI=1S/C13H14N4O3S/c1-7-13(8(2)16-15-7)17-21(19,20)10-3-4-11-9(5-10)6-12(18)14-11/h3-5,17H,6H2,1-2H3,(H,14,18)(H,15,16). The van der Waals surface area contributed by atoms with Gasteiger partial charge in [0.05, 0.1) is 28.4 Å². The highest BCUT2D eigenvalue weighted by molar-refractivity contribution is 7.92. The van der Waals surface area contributed by atoms with Crippen LogP contribution in [-0.4, -0.2) is 24.5 Å². The number of fused-ring (bicyclic) bond motifs is 1. The van der Waals surface area contributed by atoms with E-state index < -0.39 is 10.0 Å². The predicted molar refractivity (Wildman–Crippen MR) is 77.6 cm³/mol. The number of anilines is 2. The third-order valence-electron chi connectivity index (χ3n) is 3.38. The van der Waals surface area contributed by atoms with Gasteiger partial charge in [-0.15, -0.1) is 0 Å². The van der Waals surface area contributed by atoms with Gasteiger partial charge in [-0.05, 0) is 37.6 Å². The van der Waals surface area contributed by atoms with Gasteiger partial charge in [-0.3, -0.25) is 14.6 Å². The number of carbonyl (C=O) groups is 1. The van der Waals surface area contributed by atoms with Crippen LogP contribution in [-0.2, 0) is 21.2 Å². The largest absolute Gasteiger partial charge is 0.326 e. The van der Waals surface area contributed by atoms with Crippen LogP contribution in [0.15, 0.2) is 23.1 Å². The Morgan fingerprint density at radius 3 is 2.71 bits per heavy atom. The highest BCUT2D eigenvalue weighted by Crippen LogP contribution is 2.27. The number of aromatic amines is 1. The van der Waals surface area contributed by atoms with E-state index in [0.717, 1.165) is 0 Å². The predicted octanol–water partition coefficient (Wildman–Crippen LogP) is 1.32. The van der Waals surface area contributed by atoms with Crippen LogP contribution < -0.4 is 10.0 Å². The Morgan fingerprint density at radius 1 is 1.29 bits per heavy atom. The molecular weight excluding hydrogens is 292 g/mol. The van der Waals surface area contributed by atoms with Gasteiger partial charge < -0.3 is 5.32 Å². The molecule has 2 heterocycles. The fourth-order valence-corrected chi connectivity index (χ4v) is 3.50. The lowest BCUT2D eigenvalue weighted by Gasteiger charge is -2.09. The Kier molecular flexibility index (Phi) is 2.98. The van der Waals surface area contributed by atoms with Crippen LogP contribution in [0.3, 0.4) is 0 Å². The molecule has 1 aromatic heterocycles. The molecular formula is C13H14N4O3S. The van der Waals surface area contributed by atoms with E-state index in [1.165, 1.54) is 12.1 Å². The zero-order chi connectivity index (χ0) is 15.2. The van der Waals surface area contributed by atoms with E-state index in [1.807, 2.05) is 0 Å². The molecule has 0 aliphatic carbocycles. The highest BCUT2D eigenvalue weighted by Gasteiger charge is 2.23. The minimum absolute atomic E-state index is 0.123. The molecule has 0 atom stereocenters. The van der Waals surface area contributed by atoms with Crippen LogP contribution in [0.4, 0.5) is 11.4 Å². The van der Waals surface area contributed by atoms with Crippen molar-refractivity contribution in [2.45, 2.75) is 25.2 Å². The number of nitrogens with zero attached hydrogens (tertiary/aromatic N) is 1. The lowest BCUT2D eigenvalue weighted by atomic mass is 10.2. The Hall–Kier alpha value is -2.35. The first kappa shape index (κ1) is 13.6. The number of amides is 1. The van der Waals surface area contributed by atoms with Gasteiger partial charge in [0, 0.05) is 5.69 Å². The Labute approximate surface area is 121 Å². The summed E-state index contributed by atoms with van der Waals surface area (Å²) in [5.41, 5.74) is 3.02. The highest BCUT2D eigenvalue weighted by atomic mass is 32.2. The maximum absolute atomic E-state index is 12.4. The second-order valence-corrected chi connectivity index (χ2v) is 6.64. The molecule has 0 unspecified atom stereocenters. The van der Waals surface area contributed by atoms with Crippen molar-refractivity contribution in [2.24, 2.45) is 0 Å². The molecule has 0 radical (unpaired) electrons. The van der Waals surface area contributed by atoms with Gasteiger partial charge in [0.15, 0.2) is 0 Å². The lowest BCUT2D eigenvalue weighted by Crippen LogP contribution is -2.14. The quantitative estimate of drug-likeness (QED) is 0.795. The number of aryl methyl sites for hydroxylation is 2. The van der Waals surface area contributed by atoms with Crippen LogP contribution in [0.5, 0.6) is 0 Å². The van der Waals surface area contributed by atoms with Crippen LogP contribution in [0, 0.1) is 13.8 Å². The van der Waals surface area contributed by atoms with Crippen molar-refractivity contribution in [1.29, 1.82) is 0 Å². The van der Waals surface area contributed by atoms with E-state index in [0.29, 0.717) is 28.3 Å². The maximum atomic E-state index is 12.4. The first-order chi connectivity index (χ1) is 9.87. The average Bonchev–Trinajstić information content (AvgIpc) is 2.93. The van der Waals surface area contributed by atoms with Gasteiger partial charge in [0.2, 0.25) is 5.91 Å². The van der Waals surface area contributed by atoms with Gasteiger partial charge in [-0.1, -0.05) is 0 Å². The van der Waals surface area contributed by atoms with E-state index >= 15 is 0 Å². The molecule has 1 aromatic carbocycles. The van der Waals surface area contributed by atoms with Crippen molar-refractivity contribution in [3.8, 4) is 0 Å². The first-order valence-electron chi connectivity index (χ1n) is 6.34. The number of nitrogens with one attached hydrogen (secondary N) is 3. The van der Waals surface area contributed by atoms with Crippen molar-refractivity contribution in [2.75, 3.05) is 10.0 Å². The minimum Gasteiger partial charge on any atom is -0.326 e. The molecule has 0 spiro atoms. The zero-order valence-corrected chi connectivity index (χ0v) is 12.3. The van der Waals surface area contributed by atoms with E-state index in [2.05, 4.69) is 20.2 Å². The summed E-state index contributed by atoms with van der Waals surface area (Å²) in [6.07, 6.45) is 0.197. The molecule has 1 aliphatic heterocycles. The number of aromatic nitrogens is 2. The molecule has 3 rings (SSSR count). The van der Waals surface area contributed by atoms with Crippen LogP contribution >= 0.6 is 0 Å². The molecule has 2 aromatic rings. The molecule has 21 heavy (non-hydrogen) atoms. The summed E-state index contributed by atoms with van der Waals surface area (Å²) in [5, 5.41) is 9.35. The van der Waals surface area contributed by atoms with Crippen LogP contribution in [0.2, 0.25) is 0 Å². The zero-order valence-electron chi connectivity index (χ0n) is 11.5. The van der Waals surface area contributed by atoms with Crippen LogP contribution in [0.1, 0.15) is 17.0 Å². The van der Waals surface area contributed by atoms with Gasteiger partial charge in [-0.25, -0.2) is 8.42 Å². The topological polar surface area (TPSA) is 104 Å². The van der Waals surface area contributed by atoms with E-state index in [4.69, 9.17) is 0 Å². The second kappa shape index (κ2) is 4.59. The summed E-state index contributed by atoms with van der Waals surface area (Å²) in [6.45, 7) is 3.45. The van der Waals surface area contributed by atoms with Gasteiger partial charge in [-0.2, -0.15) is 5.10 Å². The fourth-order valence-electron chi connectivity index (χ4n) is 2.27. The summed E-state index contributed by atoms with van der Waals surface area (Å²) in [6, 6.07) is 4.59. The molecule has 3 N–H and O–H groups in total. The fraction of sp³-hybridized carbons (Fsp3) is 0.231. The van der Waals surface area contributed by atoms with E-state index in [9.17, 15) is 13.2 Å². The van der Waals surface area contributed by atoms with Crippen molar-refractivity contribution >= 4 is 27.3 Å². The minimum atomic E-state index is -3.72. The van der Waals surface area contributed by atoms with E-state index in [-0.39, 0.29) is 17.2 Å². The molecule has 0 saturated heterocycles. The third-order valence-corrected chi connectivity index (χ3v) is 4.72. The average molecular weight is 306 g/mol. The number of hydrogen-bond donors (Lipinski definition) is 3. The SMILES string of the molecule is Cc1n[nH]c(C)c1NS(=O)(=O)c1ccc2c(c1)CC(=O)N2.